The van der Waals surface area contributed by atoms with Crippen molar-refractivity contribution in [3.05, 3.63) is 10.6 Å². The van der Waals surface area contributed by atoms with Gasteiger partial charge in [0, 0.05) is 18.0 Å². The summed E-state index contributed by atoms with van der Waals surface area (Å²) in [5.41, 5.74) is 0.794. The van der Waals surface area contributed by atoms with Crippen LogP contribution in [-0.4, -0.2) is 47.1 Å². The van der Waals surface area contributed by atoms with Gasteiger partial charge in [0.25, 0.3) is 0 Å². The number of carboxylic acids is 1. The number of rotatable bonds is 5. The first kappa shape index (κ1) is 13.8. The van der Waals surface area contributed by atoms with E-state index >= 15 is 0 Å². The van der Waals surface area contributed by atoms with Crippen molar-refractivity contribution >= 4 is 22.4 Å². The number of aliphatic carboxylic acids is 1. The van der Waals surface area contributed by atoms with E-state index in [4.69, 9.17) is 5.11 Å². The molecule has 2 N–H and O–H groups in total. The van der Waals surface area contributed by atoms with Crippen molar-refractivity contribution in [3.63, 3.8) is 0 Å². The molecule has 0 spiro atoms. The molecule has 0 amide bonds. The molecule has 2 heterocycles. The van der Waals surface area contributed by atoms with Gasteiger partial charge in [-0.2, -0.15) is 0 Å². The number of piperidine rings is 1. The number of hydrogen-bond acceptors (Lipinski definition) is 5. The van der Waals surface area contributed by atoms with Gasteiger partial charge in [0.15, 0.2) is 5.13 Å². The van der Waals surface area contributed by atoms with Gasteiger partial charge in [-0.25, -0.2) is 4.98 Å². The van der Waals surface area contributed by atoms with Gasteiger partial charge in [0.1, 0.15) is 5.92 Å². The first-order valence-corrected chi connectivity index (χ1v) is 8.24. The molecule has 0 bridgehead atoms. The van der Waals surface area contributed by atoms with E-state index in [0.29, 0.717) is 6.42 Å². The number of hydrogen-bond donors (Lipinski definition) is 2. The Morgan fingerprint density at radius 2 is 2.20 bits per heavy atom. The average molecular weight is 295 g/mol. The highest BCUT2D eigenvalue weighted by atomic mass is 32.1. The minimum Gasteiger partial charge on any atom is -0.481 e. The zero-order valence-corrected chi connectivity index (χ0v) is 12.4. The van der Waals surface area contributed by atoms with Crippen molar-refractivity contribution < 1.29 is 9.90 Å². The molecule has 6 heteroatoms. The van der Waals surface area contributed by atoms with E-state index in [1.165, 1.54) is 32.4 Å². The fourth-order valence-corrected chi connectivity index (χ4v) is 4.11. The van der Waals surface area contributed by atoms with Crippen molar-refractivity contribution in [2.75, 3.05) is 31.5 Å². The van der Waals surface area contributed by atoms with Crippen LogP contribution >= 0.6 is 11.3 Å². The quantitative estimate of drug-likeness (QED) is 0.871. The first-order valence-electron chi connectivity index (χ1n) is 7.42. The Labute approximate surface area is 123 Å². The normalized spacial score (nSPS) is 22.7. The number of nitrogens with one attached hydrogen (secondary N) is 1. The fourth-order valence-electron chi connectivity index (χ4n) is 3.05. The third-order valence-corrected chi connectivity index (χ3v) is 5.26. The maximum Gasteiger partial charge on any atom is 0.312 e. The molecule has 0 saturated carbocycles. The Morgan fingerprint density at radius 1 is 1.40 bits per heavy atom. The van der Waals surface area contributed by atoms with E-state index < -0.39 is 5.97 Å². The number of anilines is 1. The van der Waals surface area contributed by atoms with Crippen LogP contribution in [0.2, 0.25) is 0 Å². The van der Waals surface area contributed by atoms with Gasteiger partial charge in [-0.3, -0.25) is 4.79 Å². The Kier molecular flexibility index (Phi) is 4.21. The Hall–Kier alpha value is -1.14. The smallest absolute Gasteiger partial charge is 0.312 e. The molecule has 1 unspecified atom stereocenters. The standard InChI is InChI=1S/C14H21N3O2S/c18-13(19)10-4-5-11-12(10)16-14(20-11)15-6-9-17-7-2-1-3-8-17/h10H,1-9H2,(H,15,16)(H,18,19). The summed E-state index contributed by atoms with van der Waals surface area (Å²) in [6.45, 7) is 4.35. The third-order valence-electron chi connectivity index (χ3n) is 4.17. The highest BCUT2D eigenvalue weighted by molar-refractivity contribution is 7.15. The third kappa shape index (κ3) is 2.96. The Bertz CT molecular complexity index is 483. The van der Waals surface area contributed by atoms with Crippen LogP contribution in [0.3, 0.4) is 0 Å². The van der Waals surface area contributed by atoms with E-state index in [-0.39, 0.29) is 5.92 Å². The number of likely N-dealkylation sites (tertiary alicyclic amines) is 1. The summed E-state index contributed by atoms with van der Waals surface area (Å²) in [5.74, 6) is -1.13. The highest BCUT2D eigenvalue weighted by Crippen LogP contribution is 2.38. The number of nitrogens with zero attached hydrogens (tertiary/aromatic N) is 2. The molecule has 20 heavy (non-hydrogen) atoms. The highest BCUT2D eigenvalue weighted by Gasteiger charge is 2.32. The van der Waals surface area contributed by atoms with Gasteiger partial charge in [0.2, 0.25) is 0 Å². The number of aromatic nitrogens is 1. The molecular weight excluding hydrogens is 274 g/mol. The molecule has 1 aromatic heterocycles. The number of aryl methyl sites for hydroxylation is 1. The molecule has 1 atom stereocenters. The van der Waals surface area contributed by atoms with Crippen molar-refractivity contribution in [3.8, 4) is 0 Å². The summed E-state index contributed by atoms with van der Waals surface area (Å²) in [6.07, 6.45) is 5.55. The van der Waals surface area contributed by atoms with Crippen LogP contribution < -0.4 is 5.32 Å². The molecule has 1 fully saturated rings. The molecule has 1 saturated heterocycles. The first-order chi connectivity index (χ1) is 9.74. The van der Waals surface area contributed by atoms with Gasteiger partial charge < -0.3 is 15.3 Å². The molecular formula is C14H21N3O2S. The van der Waals surface area contributed by atoms with Gasteiger partial charge in [-0.1, -0.05) is 6.42 Å². The number of thiazole rings is 1. The maximum absolute atomic E-state index is 11.1. The summed E-state index contributed by atoms with van der Waals surface area (Å²) in [5, 5.41) is 13.4. The van der Waals surface area contributed by atoms with E-state index in [1.807, 2.05) is 0 Å². The van der Waals surface area contributed by atoms with Gasteiger partial charge >= 0.3 is 5.97 Å². The SMILES string of the molecule is O=C(O)C1CCc2sc(NCCN3CCCCC3)nc21. The van der Waals surface area contributed by atoms with Gasteiger partial charge in [0.05, 0.1) is 5.69 Å². The van der Waals surface area contributed by atoms with Crippen LogP contribution in [0.25, 0.3) is 0 Å². The molecule has 110 valence electrons. The zero-order chi connectivity index (χ0) is 13.9. The number of carboxylic acid groups (broad SMARTS) is 1. The maximum atomic E-state index is 11.1. The van der Waals surface area contributed by atoms with E-state index in [0.717, 1.165) is 35.2 Å². The summed E-state index contributed by atoms with van der Waals surface area (Å²) >= 11 is 1.63. The molecule has 0 radical (unpaired) electrons. The van der Waals surface area contributed by atoms with Crippen molar-refractivity contribution in [1.29, 1.82) is 0 Å². The topological polar surface area (TPSA) is 65.5 Å². The van der Waals surface area contributed by atoms with E-state index in [2.05, 4.69) is 15.2 Å². The minimum atomic E-state index is -0.742. The van der Waals surface area contributed by atoms with Gasteiger partial charge in [-0.15, -0.1) is 11.3 Å². The molecule has 1 aliphatic heterocycles. The van der Waals surface area contributed by atoms with Crippen LogP contribution in [0.5, 0.6) is 0 Å². The molecule has 0 aromatic carbocycles. The lowest BCUT2D eigenvalue weighted by Crippen LogP contribution is -2.33. The van der Waals surface area contributed by atoms with E-state index in [9.17, 15) is 4.79 Å². The predicted molar refractivity (Wildman–Crippen MR) is 79.6 cm³/mol. The lowest BCUT2D eigenvalue weighted by atomic mass is 10.1. The molecule has 1 aliphatic carbocycles. The molecule has 2 aliphatic rings. The van der Waals surface area contributed by atoms with Crippen LogP contribution in [-0.2, 0) is 11.2 Å². The monoisotopic (exact) mass is 295 g/mol. The number of carbonyl (C=O) groups is 1. The van der Waals surface area contributed by atoms with E-state index in [1.54, 1.807) is 11.3 Å². The zero-order valence-electron chi connectivity index (χ0n) is 11.6. The lowest BCUT2D eigenvalue weighted by Gasteiger charge is -2.26. The second-order valence-electron chi connectivity index (χ2n) is 5.59. The van der Waals surface area contributed by atoms with Crippen LogP contribution in [0.4, 0.5) is 5.13 Å². The lowest BCUT2D eigenvalue weighted by molar-refractivity contribution is -0.138. The average Bonchev–Trinajstić information content (AvgIpc) is 2.99. The molecule has 3 rings (SSSR count). The fraction of sp³-hybridized carbons (Fsp3) is 0.714. The largest absolute Gasteiger partial charge is 0.481 e. The van der Waals surface area contributed by atoms with Crippen molar-refractivity contribution in [1.82, 2.24) is 9.88 Å². The van der Waals surface area contributed by atoms with Gasteiger partial charge in [-0.05, 0) is 38.8 Å². The minimum absolute atomic E-state index is 0.390. The molecule has 1 aromatic rings. The Morgan fingerprint density at radius 3 is 2.95 bits per heavy atom. The summed E-state index contributed by atoms with van der Waals surface area (Å²) < 4.78 is 0. The van der Waals surface area contributed by atoms with Crippen LogP contribution in [0.15, 0.2) is 0 Å². The predicted octanol–water partition coefficient (Wildman–Crippen LogP) is 2.16. The summed E-state index contributed by atoms with van der Waals surface area (Å²) in [4.78, 5) is 19.3. The van der Waals surface area contributed by atoms with Crippen LogP contribution in [0.1, 0.15) is 42.2 Å². The summed E-state index contributed by atoms with van der Waals surface area (Å²) in [6, 6.07) is 0. The second kappa shape index (κ2) is 6.10. The van der Waals surface area contributed by atoms with Crippen molar-refractivity contribution in [2.24, 2.45) is 0 Å². The summed E-state index contributed by atoms with van der Waals surface area (Å²) in [7, 11) is 0. The van der Waals surface area contributed by atoms with Crippen molar-refractivity contribution in [2.45, 2.75) is 38.0 Å². The molecule has 5 nitrogen and oxygen atoms in total. The second-order valence-corrected chi connectivity index (χ2v) is 6.67. The Balaban J connectivity index is 1.51. The number of fused-ring (bicyclic) bond motifs is 1. The van der Waals surface area contributed by atoms with Crippen LogP contribution in [0, 0.1) is 0 Å².